The number of nitriles is 1. The van der Waals surface area contributed by atoms with Crippen molar-refractivity contribution in [2.45, 2.75) is 31.4 Å². The summed E-state index contributed by atoms with van der Waals surface area (Å²) in [6, 6.07) is 4.65. The molecule has 3 rings (SSSR count). The molecular weight excluding hydrogens is 339 g/mol. The topological polar surface area (TPSA) is 82.4 Å². The third-order valence-electron chi connectivity index (χ3n) is 4.94. The molecule has 1 aliphatic carbocycles. The number of nitrogens with one attached hydrogen (secondary N) is 1. The fourth-order valence-electron chi connectivity index (χ4n) is 3.49. The molecule has 1 heterocycles. The summed E-state index contributed by atoms with van der Waals surface area (Å²) >= 11 is 12.2. The van der Waals surface area contributed by atoms with Crippen molar-refractivity contribution in [1.82, 2.24) is 5.32 Å². The van der Waals surface area contributed by atoms with Gasteiger partial charge in [-0.05, 0) is 31.4 Å². The molecule has 7 heteroatoms. The molecule has 122 valence electrons. The molecule has 1 amide bonds. The number of halogens is 2. The first-order valence-electron chi connectivity index (χ1n) is 7.44. The van der Waals surface area contributed by atoms with Gasteiger partial charge in [0.1, 0.15) is 0 Å². The summed E-state index contributed by atoms with van der Waals surface area (Å²) in [7, 11) is 0. The molecule has 1 aromatic rings. The van der Waals surface area contributed by atoms with E-state index >= 15 is 0 Å². The van der Waals surface area contributed by atoms with Crippen molar-refractivity contribution in [3.8, 4) is 6.07 Å². The second kappa shape index (κ2) is 6.29. The number of hydrogen-bond acceptors (Lipinski definition) is 4. The molecule has 1 spiro atoms. The Morgan fingerprint density at radius 1 is 1.35 bits per heavy atom. The molecule has 1 saturated heterocycles. The van der Waals surface area contributed by atoms with E-state index in [0.29, 0.717) is 38.0 Å². The van der Waals surface area contributed by atoms with E-state index in [-0.39, 0.29) is 33.0 Å². The van der Waals surface area contributed by atoms with Crippen LogP contribution in [-0.4, -0.2) is 36.4 Å². The molecule has 0 bridgehead atoms. The van der Waals surface area contributed by atoms with Gasteiger partial charge in [-0.15, -0.1) is 0 Å². The van der Waals surface area contributed by atoms with Crippen LogP contribution in [0, 0.1) is 16.7 Å². The molecule has 2 atom stereocenters. The fourth-order valence-corrected chi connectivity index (χ4v) is 4.14. The van der Waals surface area contributed by atoms with E-state index in [1.54, 1.807) is 0 Å². The van der Waals surface area contributed by atoms with Gasteiger partial charge in [0, 0.05) is 24.7 Å². The Balaban J connectivity index is 1.79. The number of carbonyl (C=O) groups is 1. The zero-order valence-corrected chi connectivity index (χ0v) is 13.8. The Morgan fingerprint density at radius 2 is 1.96 bits per heavy atom. The fraction of sp³-hybridized carbons (Fsp3) is 0.500. The lowest BCUT2D eigenvalue weighted by Gasteiger charge is -2.55. The lowest BCUT2D eigenvalue weighted by molar-refractivity contribution is -0.145. The first-order chi connectivity index (χ1) is 11.0. The number of hydrogen-bond donors (Lipinski definition) is 2. The van der Waals surface area contributed by atoms with Crippen LogP contribution in [0.1, 0.15) is 35.2 Å². The molecule has 0 unspecified atom stereocenters. The Hall–Kier alpha value is -1.32. The third-order valence-corrected chi connectivity index (χ3v) is 5.54. The highest BCUT2D eigenvalue weighted by Crippen LogP contribution is 2.49. The summed E-state index contributed by atoms with van der Waals surface area (Å²) in [5.41, 5.74) is 0.145. The van der Waals surface area contributed by atoms with Crippen molar-refractivity contribution >= 4 is 29.1 Å². The Bertz CT molecular complexity index is 657. The highest BCUT2D eigenvalue weighted by atomic mass is 35.5. The molecule has 2 aliphatic rings. The van der Waals surface area contributed by atoms with E-state index in [1.165, 1.54) is 12.1 Å². The SMILES string of the molecule is N#Cc1cc(Cl)c(C(=O)N[C@@H]2C[C@@H](O)C23CCOCC3)c(Cl)c1. The lowest BCUT2D eigenvalue weighted by Crippen LogP contribution is -2.65. The number of nitrogens with zero attached hydrogens (tertiary/aromatic N) is 1. The monoisotopic (exact) mass is 354 g/mol. The second-order valence-electron chi connectivity index (χ2n) is 6.05. The molecular formula is C16H16Cl2N2O3. The van der Waals surface area contributed by atoms with Crippen molar-refractivity contribution in [2.75, 3.05) is 13.2 Å². The Morgan fingerprint density at radius 3 is 2.48 bits per heavy atom. The van der Waals surface area contributed by atoms with Crippen LogP contribution >= 0.6 is 23.2 Å². The quantitative estimate of drug-likeness (QED) is 0.854. The largest absolute Gasteiger partial charge is 0.392 e. The van der Waals surface area contributed by atoms with E-state index in [1.807, 2.05) is 6.07 Å². The van der Waals surface area contributed by atoms with Crippen molar-refractivity contribution in [1.29, 1.82) is 5.26 Å². The first-order valence-corrected chi connectivity index (χ1v) is 8.19. The van der Waals surface area contributed by atoms with E-state index in [9.17, 15) is 9.90 Å². The lowest BCUT2D eigenvalue weighted by atomic mass is 9.58. The van der Waals surface area contributed by atoms with Gasteiger partial charge in [0.25, 0.3) is 5.91 Å². The number of rotatable bonds is 2. The van der Waals surface area contributed by atoms with Gasteiger partial charge in [0.15, 0.2) is 0 Å². The van der Waals surface area contributed by atoms with Gasteiger partial charge in [-0.25, -0.2) is 0 Å². The van der Waals surface area contributed by atoms with Gasteiger partial charge in [-0.2, -0.15) is 5.26 Å². The van der Waals surface area contributed by atoms with Crippen LogP contribution < -0.4 is 5.32 Å². The van der Waals surface area contributed by atoms with E-state index < -0.39 is 6.10 Å². The minimum Gasteiger partial charge on any atom is -0.392 e. The number of aliphatic hydroxyl groups is 1. The third kappa shape index (κ3) is 2.81. The highest BCUT2D eigenvalue weighted by Gasteiger charge is 2.55. The summed E-state index contributed by atoms with van der Waals surface area (Å²) in [5, 5.41) is 22.3. The van der Waals surface area contributed by atoms with E-state index in [2.05, 4.69) is 5.32 Å². The van der Waals surface area contributed by atoms with Crippen LogP contribution in [-0.2, 0) is 4.74 Å². The normalized spacial score (nSPS) is 25.5. The van der Waals surface area contributed by atoms with Gasteiger partial charge in [0.05, 0.1) is 33.3 Å². The van der Waals surface area contributed by atoms with Crippen LogP contribution in [0.4, 0.5) is 0 Å². The minimum atomic E-state index is -0.427. The molecule has 5 nitrogen and oxygen atoms in total. The predicted octanol–water partition coefficient (Wildman–Crippen LogP) is 2.52. The number of ether oxygens (including phenoxy) is 1. The summed E-state index contributed by atoms with van der Waals surface area (Å²) in [5.74, 6) is -0.382. The maximum absolute atomic E-state index is 12.5. The van der Waals surface area contributed by atoms with Crippen LogP contribution in [0.3, 0.4) is 0 Å². The van der Waals surface area contributed by atoms with Gasteiger partial charge in [0.2, 0.25) is 0 Å². The zero-order valence-electron chi connectivity index (χ0n) is 12.3. The highest BCUT2D eigenvalue weighted by molar-refractivity contribution is 6.39. The maximum Gasteiger partial charge on any atom is 0.254 e. The maximum atomic E-state index is 12.5. The number of benzene rings is 1. The molecule has 1 aromatic carbocycles. The van der Waals surface area contributed by atoms with Crippen LogP contribution in [0.25, 0.3) is 0 Å². The number of amides is 1. The second-order valence-corrected chi connectivity index (χ2v) is 6.86. The van der Waals surface area contributed by atoms with Crippen molar-refractivity contribution in [3.05, 3.63) is 33.3 Å². The van der Waals surface area contributed by atoms with Gasteiger partial charge in [-0.1, -0.05) is 23.2 Å². The Labute approximate surface area is 144 Å². The summed E-state index contributed by atoms with van der Waals surface area (Å²) < 4.78 is 5.35. The van der Waals surface area contributed by atoms with E-state index in [4.69, 9.17) is 33.2 Å². The summed E-state index contributed by atoms with van der Waals surface area (Å²) in [4.78, 5) is 12.5. The van der Waals surface area contributed by atoms with Crippen molar-refractivity contribution < 1.29 is 14.6 Å². The molecule has 0 aromatic heterocycles. The van der Waals surface area contributed by atoms with Gasteiger partial charge < -0.3 is 15.2 Å². The van der Waals surface area contributed by atoms with Crippen molar-refractivity contribution in [2.24, 2.45) is 5.41 Å². The number of carbonyl (C=O) groups excluding carboxylic acids is 1. The molecule has 2 N–H and O–H groups in total. The number of aliphatic hydroxyl groups excluding tert-OH is 1. The summed E-state index contributed by atoms with van der Waals surface area (Å²) in [6.45, 7) is 1.17. The molecule has 1 aliphatic heterocycles. The summed E-state index contributed by atoms with van der Waals surface area (Å²) in [6.07, 6.45) is 1.52. The van der Waals surface area contributed by atoms with Gasteiger partial charge in [-0.3, -0.25) is 4.79 Å². The molecule has 0 radical (unpaired) electrons. The van der Waals surface area contributed by atoms with Crippen LogP contribution in [0.5, 0.6) is 0 Å². The molecule has 2 fully saturated rings. The van der Waals surface area contributed by atoms with Crippen molar-refractivity contribution in [3.63, 3.8) is 0 Å². The standard InChI is InChI=1S/C16H16Cl2N2O3/c17-10-5-9(8-19)6-11(18)14(10)15(22)20-12-7-13(21)16(12)1-3-23-4-2-16/h5-6,12-13,21H,1-4,7H2,(H,20,22)/t12-,13-/m1/s1. The molecule has 1 saturated carbocycles. The van der Waals surface area contributed by atoms with E-state index in [0.717, 1.165) is 0 Å². The molecule has 23 heavy (non-hydrogen) atoms. The average molecular weight is 355 g/mol. The Kier molecular flexibility index (Phi) is 4.52. The van der Waals surface area contributed by atoms with Crippen LogP contribution in [0.2, 0.25) is 10.0 Å². The predicted molar refractivity (Wildman–Crippen MR) is 85.5 cm³/mol. The van der Waals surface area contributed by atoms with Gasteiger partial charge >= 0.3 is 0 Å². The smallest absolute Gasteiger partial charge is 0.254 e. The minimum absolute atomic E-state index is 0.128. The first kappa shape index (κ1) is 16.5. The average Bonchev–Trinajstić information content (AvgIpc) is 2.54. The zero-order chi connectivity index (χ0) is 16.6. The van der Waals surface area contributed by atoms with Crippen LogP contribution in [0.15, 0.2) is 12.1 Å².